The van der Waals surface area contributed by atoms with Gasteiger partial charge in [-0.15, -0.1) is 0 Å². The van der Waals surface area contributed by atoms with Gasteiger partial charge in [-0.05, 0) is 48.4 Å². The van der Waals surface area contributed by atoms with Crippen LogP contribution in [-0.4, -0.2) is 100.0 Å². The molecule has 0 aromatic heterocycles. The van der Waals surface area contributed by atoms with Gasteiger partial charge < -0.3 is 9.47 Å². The molecule has 8 nitrogen and oxygen atoms in total. The monoisotopic (exact) mass is 516 g/mol. The molecule has 2 aliphatic heterocycles. The SMILES string of the molecule is CS(=O)(=O)N(CCOc1ccc(C#N)cc1)CCN1CC2CN(CCc3ccc(F)cc3)CC(C1)O2. The van der Waals surface area contributed by atoms with Gasteiger partial charge in [0.1, 0.15) is 18.2 Å². The van der Waals surface area contributed by atoms with Gasteiger partial charge in [0.05, 0.1) is 30.1 Å². The maximum atomic E-state index is 13.1. The maximum Gasteiger partial charge on any atom is 0.211 e. The van der Waals surface area contributed by atoms with Crippen molar-refractivity contribution in [2.45, 2.75) is 18.6 Å². The van der Waals surface area contributed by atoms with Crippen LogP contribution in [0.1, 0.15) is 11.1 Å². The summed E-state index contributed by atoms with van der Waals surface area (Å²) in [6.45, 7) is 5.63. The fourth-order valence-electron chi connectivity index (χ4n) is 4.75. The smallest absolute Gasteiger partial charge is 0.211 e. The zero-order chi connectivity index (χ0) is 25.5. The van der Waals surface area contributed by atoms with Gasteiger partial charge in [-0.1, -0.05) is 12.1 Å². The van der Waals surface area contributed by atoms with Crippen molar-refractivity contribution in [3.8, 4) is 11.8 Å². The minimum atomic E-state index is -3.37. The Bertz CT molecular complexity index is 1120. The molecule has 2 bridgehead atoms. The number of hydrogen-bond acceptors (Lipinski definition) is 7. The van der Waals surface area contributed by atoms with E-state index in [0.29, 0.717) is 24.4 Å². The third kappa shape index (κ3) is 7.72. The van der Waals surface area contributed by atoms with Gasteiger partial charge in [-0.3, -0.25) is 9.80 Å². The van der Waals surface area contributed by atoms with E-state index in [1.807, 2.05) is 12.1 Å². The van der Waals surface area contributed by atoms with E-state index < -0.39 is 10.0 Å². The molecule has 2 aromatic rings. The zero-order valence-electron chi connectivity index (χ0n) is 20.6. The lowest BCUT2D eigenvalue weighted by Crippen LogP contribution is -2.60. The first-order valence-corrected chi connectivity index (χ1v) is 14.1. The third-order valence-corrected chi connectivity index (χ3v) is 7.89. The maximum absolute atomic E-state index is 13.1. The van der Waals surface area contributed by atoms with Crippen molar-refractivity contribution >= 4 is 10.0 Å². The zero-order valence-corrected chi connectivity index (χ0v) is 21.4. The van der Waals surface area contributed by atoms with E-state index in [0.717, 1.165) is 44.7 Å². The predicted octanol–water partition coefficient (Wildman–Crippen LogP) is 1.97. The van der Waals surface area contributed by atoms with E-state index in [9.17, 15) is 12.8 Å². The highest BCUT2D eigenvalue weighted by atomic mass is 32.2. The second-order valence-corrected chi connectivity index (χ2v) is 11.4. The molecule has 2 saturated heterocycles. The summed E-state index contributed by atoms with van der Waals surface area (Å²) >= 11 is 0. The lowest BCUT2D eigenvalue weighted by molar-refractivity contribution is -0.138. The molecule has 2 fully saturated rings. The summed E-state index contributed by atoms with van der Waals surface area (Å²) < 4.78 is 51.1. The number of ether oxygens (including phenoxy) is 2. The summed E-state index contributed by atoms with van der Waals surface area (Å²) in [7, 11) is -3.37. The number of sulfonamides is 1. The quantitative estimate of drug-likeness (QED) is 0.451. The fraction of sp³-hybridized carbons (Fsp3) is 0.500. The first kappa shape index (κ1) is 26.5. The van der Waals surface area contributed by atoms with Gasteiger partial charge >= 0.3 is 0 Å². The van der Waals surface area contributed by atoms with Crippen LogP contribution in [0.5, 0.6) is 5.75 Å². The van der Waals surface area contributed by atoms with Gasteiger partial charge in [-0.25, -0.2) is 12.8 Å². The number of fused-ring (bicyclic) bond motifs is 2. The third-order valence-electron chi connectivity index (χ3n) is 6.59. The normalized spacial score (nSPS) is 20.8. The van der Waals surface area contributed by atoms with Gasteiger partial charge in [0.25, 0.3) is 0 Å². The Kier molecular flexibility index (Phi) is 8.93. The molecule has 2 aliphatic rings. The molecule has 10 heteroatoms. The topological polar surface area (TPSA) is 86.1 Å². The molecule has 0 N–H and O–H groups in total. The van der Waals surface area contributed by atoms with E-state index in [1.54, 1.807) is 24.3 Å². The number of benzene rings is 2. The average Bonchev–Trinajstić information content (AvgIpc) is 2.85. The van der Waals surface area contributed by atoms with Crippen LogP contribution >= 0.6 is 0 Å². The Balaban J connectivity index is 1.22. The molecule has 2 atom stereocenters. The number of hydrogen-bond donors (Lipinski definition) is 0. The molecule has 2 aromatic carbocycles. The van der Waals surface area contributed by atoms with Crippen LogP contribution in [0.2, 0.25) is 0 Å². The number of nitriles is 1. The lowest BCUT2D eigenvalue weighted by atomic mass is 10.1. The molecular formula is C26H33FN4O4S. The minimum Gasteiger partial charge on any atom is -0.492 e. The highest BCUT2D eigenvalue weighted by Crippen LogP contribution is 2.20. The standard InChI is InChI=1S/C26H33FN4O4S/c1-36(32,33)31(14-15-34-24-8-4-22(16-28)5-9-24)13-12-30-19-25-17-29(18-26(20-30)35-25)11-10-21-2-6-23(27)7-3-21/h2-9,25-26H,10-15,17-20H2,1H3. The molecule has 36 heavy (non-hydrogen) atoms. The Morgan fingerprint density at radius 2 is 1.61 bits per heavy atom. The Morgan fingerprint density at radius 1 is 1.00 bits per heavy atom. The van der Waals surface area contributed by atoms with Crippen molar-refractivity contribution < 1.29 is 22.3 Å². The van der Waals surface area contributed by atoms with Crippen LogP contribution in [-0.2, 0) is 21.2 Å². The van der Waals surface area contributed by atoms with Crippen molar-refractivity contribution in [2.24, 2.45) is 0 Å². The molecule has 0 spiro atoms. The van der Waals surface area contributed by atoms with Crippen LogP contribution in [0.25, 0.3) is 0 Å². The Hall–Kier alpha value is -2.55. The van der Waals surface area contributed by atoms with E-state index in [2.05, 4.69) is 15.9 Å². The molecule has 2 unspecified atom stereocenters. The van der Waals surface area contributed by atoms with Gasteiger partial charge in [0, 0.05) is 52.4 Å². The molecule has 194 valence electrons. The average molecular weight is 517 g/mol. The minimum absolute atomic E-state index is 0.0946. The van der Waals surface area contributed by atoms with Crippen molar-refractivity contribution in [1.82, 2.24) is 14.1 Å². The second-order valence-electron chi connectivity index (χ2n) is 9.42. The summed E-state index contributed by atoms with van der Waals surface area (Å²) in [5, 5.41) is 8.88. The van der Waals surface area contributed by atoms with Crippen molar-refractivity contribution in [2.75, 3.05) is 65.2 Å². The Labute approximate surface area is 212 Å². The number of rotatable bonds is 11. The van der Waals surface area contributed by atoms with Crippen LogP contribution in [0, 0.1) is 17.1 Å². The summed E-state index contributed by atoms with van der Waals surface area (Å²) in [5.74, 6) is 0.389. The summed E-state index contributed by atoms with van der Waals surface area (Å²) in [5.41, 5.74) is 1.67. The molecule has 4 rings (SSSR count). The number of nitrogens with zero attached hydrogens (tertiary/aromatic N) is 4. The summed E-state index contributed by atoms with van der Waals surface area (Å²) in [6, 6.07) is 15.5. The van der Waals surface area contributed by atoms with Crippen LogP contribution in [0.3, 0.4) is 0 Å². The summed E-state index contributed by atoms with van der Waals surface area (Å²) in [4.78, 5) is 4.69. The number of halogens is 1. The predicted molar refractivity (Wildman–Crippen MR) is 135 cm³/mol. The van der Waals surface area contributed by atoms with Crippen molar-refractivity contribution in [3.05, 3.63) is 65.5 Å². The van der Waals surface area contributed by atoms with Crippen LogP contribution in [0.4, 0.5) is 4.39 Å². The molecule has 2 heterocycles. The fourth-order valence-corrected chi connectivity index (χ4v) is 5.57. The van der Waals surface area contributed by atoms with Crippen molar-refractivity contribution in [1.29, 1.82) is 5.26 Å². The lowest BCUT2D eigenvalue weighted by Gasteiger charge is -2.46. The highest BCUT2D eigenvalue weighted by molar-refractivity contribution is 7.88. The van der Waals surface area contributed by atoms with Crippen molar-refractivity contribution in [3.63, 3.8) is 0 Å². The van der Waals surface area contributed by atoms with E-state index in [4.69, 9.17) is 14.7 Å². The van der Waals surface area contributed by atoms with Crippen LogP contribution < -0.4 is 4.74 Å². The van der Waals surface area contributed by atoms with Gasteiger partial charge in [-0.2, -0.15) is 9.57 Å². The first-order chi connectivity index (χ1) is 17.3. The Morgan fingerprint density at radius 3 is 2.19 bits per heavy atom. The molecule has 0 radical (unpaired) electrons. The van der Waals surface area contributed by atoms with Gasteiger partial charge in [0.2, 0.25) is 10.0 Å². The van der Waals surface area contributed by atoms with E-state index in [-0.39, 0.29) is 31.2 Å². The highest BCUT2D eigenvalue weighted by Gasteiger charge is 2.35. The number of morpholine rings is 2. The molecule has 0 aliphatic carbocycles. The van der Waals surface area contributed by atoms with Gasteiger partial charge in [0.15, 0.2) is 0 Å². The second kappa shape index (κ2) is 12.1. The van der Waals surface area contributed by atoms with E-state index >= 15 is 0 Å². The molecule has 0 amide bonds. The largest absolute Gasteiger partial charge is 0.492 e. The summed E-state index contributed by atoms with van der Waals surface area (Å²) in [6.07, 6.45) is 2.29. The molecular weight excluding hydrogens is 483 g/mol. The molecule has 0 saturated carbocycles. The van der Waals surface area contributed by atoms with Crippen LogP contribution in [0.15, 0.2) is 48.5 Å². The first-order valence-electron chi connectivity index (χ1n) is 12.2. The van der Waals surface area contributed by atoms with E-state index in [1.165, 1.54) is 22.7 Å².